The minimum Gasteiger partial charge on any atom is -0.298 e. The number of nitrogens with one attached hydrogen (secondary N) is 1. The van der Waals surface area contributed by atoms with E-state index in [1.165, 1.54) is 39.9 Å². The Morgan fingerprint density at radius 1 is 1.23 bits per heavy atom. The van der Waals surface area contributed by atoms with E-state index in [1.807, 2.05) is 19.1 Å². The third-order valence-electron chi connectivity index (χ3n) is 5.34. The molecule has 1 N–H and O–H groups in total. The van der Waals surface area contributed by atoms with Gasteiger partial charge in [-0.2, -0.15) is 4.31 Å². The molecule has 0 spiro atoms. The summed E-state index contributed by atoms with van der Waals surface area (Å²) < 4.78 is 28.2. The van der Waals surface area contributed by atoms with E-state index in [1.54, 1.807) is 0 Å². The maximum absolute atomic E-state index is 12.9. The Hall–Kier alpha value is -2.00. The van der Waals surface area contributed by atoms with Crippen LogP contribution in [0.1, 0.15) is 35.7 Å². The van der Waals surface area contributed by atoms with Crippen molar-refractivity contribution in [2.24, 2.45) is 5.92 Å². The molecule has 0 bridgehead atoms. The van der Waals surface area contributed by atoms with E-state index in [-0.39, 0.29) is 10.8 Å². The van der Waals surface area contributed by atoms with Crippen LogP contribution in [0.3, 0.4) is 0 Å². The van der Waals surface area contributed by atoms with Crippen LogP contribution in [0.2, 0.25) is 5.02 Å². The van der Waals surface area contributed by atoms with Crippen molar-refractivity contribution in [1.29, 1.82) is 0 Å². The molecule has 0 saturated carbocycles. The van der Waals surface area contributed by atoms with Crippen LogP contribution in [0.25, 0.3) is 10.2 Å². The first-order chi connectivity index (χ1) is 14.3. The molecule has 0 unspecified atom stereocenters. The first kappa shape index (κ1) is 21.2. The number of carbonyl (C=O) groups is 1. The molecule has 1 aliphatic rings. The van der Waals surface area contributed by atoms with Gasteiger partial charge in [0, 0.05) is 23.7 Å². The van der Waals surface area contributed by atoms with E-state index < -0.39 is 10.0 Å². The van der Waals surface area contributed by atoms with E-state index in [0.29, 0.717) is 34.7 Å². The van der Waals surface area contributed by atoms with Gasteiger partial charge in [0.05, 0.1) is 15.1 Å². The van der Waals surface area contributed by atoms with Gasteiger partial charge in [-0.25, -0.2) is 13.4 Å². The molecule has 2 heterocycles. The van der Waals surface area contributed by atoms with Crippen LogP contribution >= 0.6 is 22.9 Å². The number of anilines is 1. The molecule has 0 radical (unpaired) electrons. The van der Waals surface area contributed by atoms with Gasteiger partial charge in [-0.15, -0.1) is 0 Å². The number of aromatic nitrogens is 1. The number of nitrogens with zero attached hydrogens (tertiary/aromatic N) is 2. The number of piperidine rings is 1. The van der Waals surface area contributed by atoms with Crippen molar-refractivity contribution in [2.45, 2.75) is 31.6 Å². The smallest absolute Gasteiger partial charge is 0.257 e. The van der Waals surface area contributed by atoms with Crippen molar-refractivity contribution >= 4 is 54.2 Å². The SMILES string of the molecule is Cc1c(Cl)ccc2sc(NC(=O)c3ccc(S(=O)(=O)N4CCC[C@H](C)C4)cc3)nc12. The van der Waals surface area contributed by atoms with Crippen molar-refractivity contribution in [3.63, 3.8) is 0 Å². The topological polar surface area (TPSA) is 79.4 Å². The lowest BCUT2D eigenvalue weighted by Gasteiger charge is -2.30. The third-order valence-corrected chi connectivity index (χ3v) is 8.57. The van der Waals surface area contributed by atoms with Crippen molar-refractivity contribution in [3.8, 4) is 0 Å². The summed E-state index contributed by atoms with van der Waals surface area (Å²) in [5.41, 5.74) is 2.00. The van der Waals surface area contributed by atoms with Crippen LogP contribution in [-0.4, -0.2) is 36.7 Å². The molecule has 0 aliphatic carbocycles. The molecule has 1 atom stereocenters. The molecular weight excluding hydrogens is 442 g/mol. The quantitative estimate of drug-likeness (QED) is 0.594. The molecule has 4 rings (SSSR count). The molecule has 1 aliphatic heterocycles. The highest BCUT2D eigenvalue weighted by Gasteiger charge is 2.28. The average Bonchev–Trinajstić information content (AvgIpc) is 3.14. The summed E-state index contributed by atoms with van der Waals surface area (Å²) >= 11 is 7.50. The molecule has 158 valence electrons. The highest BCUT2D eigenvalue weighted by molar-refractivity contribution is 7.89. The van der Waals surface area contributed by atoms with Gasteiger partial charge in [0.25, 0.3) is 5.91 Å². The Labute approximate surface area is 184 Å². The molecule has 1 fully saturated rings. The lowest BCUT2D eigenvalue weighted by Crippen LogP contribution is -2.39. The van der Waals surface area contributed by atoms with Gasteiger partial charge in [-0.3, -0.25) is 10.1 Å². The number of benzene rings is 2. The minimum absolute atomic E-state index is 0.207. The van der Waals surface area contributed by atoms with Gasteiger partial charge < -0.3 is 0 Å². The van der Waals surface area contributed by atoms with Crippen LogP contribution < -0.4 is 5.32 Å². The molecule has 9 heteroatoms. The Kier molecular flexibility index (Phi) is 5.85. The first-order valence-corrected chi connectivity index (χ1v) is 12.4. The fourth-order valence-electron chi connectivity index (χ4n) is 3.62. The first-order valence-electron chi connectivity index (χ1n) is 9.73. The summed E-state index contributed by atoms with van der Waals surface area (Å²) in [6.45, 7) is 5.02. The van der Waals surface area contributed by atoms with Gasteiger partial charge in [0.2, 0.25) is 10.0 Å². The molecule has 2 aromatic carbocycles. The van der Waals surface area contributed by atoms with Gasteiger partial charge in [0.1, 0.15) is 0 Å². The number of hydrogen-bond acceptors (Lipinski definition) is 5. The maximum Gasteiger partial charge on any atom is 0.257 e. The molecule has 6 nitrogen and oxygen atoms in total. The summed E-state index contributed by atoms with van der Waals surface area (Å²) in [7, 11) is -3.54. The zero-order valence-corrected chi connectivity index (χ0v) is 19.1. The fourth-order valence-corrected chi connectivity index (χ4v) is 6.29. The van der Waals surface area contributed by atoms with E-state index in [4.69, 9.17) is 11.6 Å². The van der Waals surface area contributed by atoms with E-state index in [0.717, 1.165) is 28.6 Å². The van der Waals surface area contributed by atoms with Crippen LogP contribution in [0.5, 0.6) is 0 Å². The summed E-state index contributed by atoms with van der Waals surface area (Å²) in [5.74, 6) is 0.0132. The van der Waals surface area contributed by atoms with E-state index in [9.17, 15) is 13.2 Å². The second-order valence-corrected chi connectivity index (χ2v) is 11.0. The summed E-state index contributed by atoms with van der Waals surface area (Å²) in [6.07, 6.45) is 1.91. The van der Waals surface area contributed by atoms with Crippen molar-refractivity contribution in [3.05, 3.63) is 52.5 Å². The highest BCUT2D eigenvalue weighted by Crippen LogP contribution is 2.32. The number of rotatable bonds is 4. The normalized spacial score (nSPS) is 17.9. The number of halogens is 1. The monoisotopic (exact) mass is 463 g/mol. The number of carbonyl (C=O) groups excluding carboxylic acids is 1. The number of aryl methyl sites for hydroxylation is 1. The Bertz CT molecular complexity index is 1210. The minimum atomic E-state index is -3.54. The van der Waals surface area contributed by atoms with Gasteiger partial charge in [-0.1, -0.05) is 29.9 Å². The molecule has 1 aromatic heterocycles. The fraction of sp³-hybridized carbons (Fsp3) is 0.333. The van der Waals surface area contributed by atoms with Crippen LogP contribution in [0.15, 0.2) is 41.3 Å². The zero-order valence-electron chi connectivity index (χ0n) is 16.7. The van der Waals surface area contributed by atoms with Crippen molar-refractivity contribution in [2.75, 3.05) is 18.4 Å². The van der Waals surface area contributed by atoms with E-state index in [2.05, 4.69) is 17.2 Å². The highest BCUT2D eigenvalue weighted by atomic mass is 35.5. The standard InChI is InChI=1S/C21H22ClN3O3S2/c1-13-4-3-11-25(12-13)30(27,28)16-7-5-15(6-8-16)20(26)24-21-23-19-14(2)17(22)9-10-18(19)29-21/h5-10,13H,3-4,11-12H2,1-2H3,(H,23,24,26)/t13-/m0/s1. The molecule has 1 amide bonds. The summed E-state index contributed by atoms with van der Waals surface area (Å²) in [6, 6.07) is 9.73. The van der Waals surface area contributed by atoms with E-state index >= 15 is 0 Å². The predicted molar refractivity (Wildman–Crippen MR) is 121 cm³/mol. The number of amides is 1. The Morgan fingerprint density at radius 3 is 2.67 bits per heavy atom. The lowest BCUT2D eigenvalue weighted by atomic mass is 10.0. The zero-order chi connectivity index (χ0) is 21.5. The third kappa shape index (κ3) is 4.09. The second-order valence-electron chi connectivity index (χ2n) is 7.63. The maximum atomic E-state index is 12.9. The van der Waals surface area contributed by atoms with Crippen molar-refractivity contribution in [1.82, 2.24) is 9.29 Å². The molecular formula is C21H22ClN3O3S2. The van der Waals surface area contributed by atoms with Crippen LogP contribution in [0.4, 0.5) is 5.13 Å². The summed E-state index contributed by atoms with van der Waals surface area (Å²) in [4.78, 5) is 17.3. The summed E-state index contributed by atoms with van der Waals surface area (Å²) in [5, 5.41) is 3.89. The van der Waals surface area contributed by atoms with Crippen molar-refractivity contribution < 1.29 is 13.2 Å². The lowest BCUT2D eigenvalue weighted by molar-refractivity contribution is 0.102. The average molecular weight is 464 g/mol. The largest absolute Gasteiger partial charge is 0.298 e. The number of fused-ring (bicyclic) bond motifs is 1. The van der Waals surface area contributed by atoms with Crippen LogP contribution in [-0.2, 0) is 10.0 Å². The Balaban J connectivity index is 1.51. The Morgan fingerprint density at radius 2 is 1.97 bits per heavy atom. The number of hydrogen-bond donors (Lipinski definition) is 1. The van der Waals surface area contributed by atoms with Gasteiger partial charge in [-0.05, 0) is 67.6 Å². The van der Waals surface area contributed by atoms with Gasteiger partial charge >= 0.3 is 0 Å². The molecule has 30 heavy (non-hydrogen) atoms. The molecule has 3 aromatic rings. The van der Waals surface area contributed by atoms with Crippen LogP contribution in [0, 0.1) is 12.8 Å². The second kappa shape index (κ2) is 8.26. The number of sulfonamides is 1. The number of thiazole rings is 1. The van der Waals surface area contributed by atoms with Gasteiger partial charge in [0.15, 0.2) is 5.13 Å². The predicted octanol–water partition coefficient (Wildman–Crippen LogP) is 4.93. The molecule has 1 saturated heterocycles.